The molecule has 1 aromatic carbocycles. The number of aromatic nitrogens is 1. The first kappa shape index (κ1) is 10.8. The zero-order valence-electron chi connectivity index (χ0n) is 8.40. The lowest BCUT2D eigenvalue weighted by Crippen LogP contribution is -1.94. The fraction of sp³-hybridized carbons (Fsp3) is 0.0909. The molecule has 0 atom stereocenters. The number of nitrogens with zero attached hydrogens (tertiary/aromatic N) is 1. The summed E-state index contributed by atoms with van der Waals surface area (Å²) < 4.78 is 12.7. The van der Waals surface area contributed by atoms with Crippen molar-refractivity contribution in [3.63, 3.8) is 0 Å². The van der Waals surface area contributed by atoms with Gasteiger partial charge in [-0.25, -0.2) is 14.2 Å². The molecule has 1 aromatic heterocycles. The van der Waals surface area contributed by atoms with Crippen molar-refractivity contribution in [3.05, 3.63) is 40.0 Å². The Morgan fingerprint density at radius 3 is 2.50 bits per heavy atom. The molecule has 0 fully saturated rings. The second-order valence-corrected chi connectivity index (χ2v) is 4.44. The molecule has 0 aliphatic carbocycles. The number of carboxylic acids is 1. The highest BCUT2D eigenvalue weighted by atomic mass is 32.1. The Bertz CT molecular complexity index is 533. The molecule has 0 aliphatic rings. The average Bonchev–Trinajstić information content (AvgIpc) is 2.62. The van der Waals surface area contributed by atoms with E-state index in [9.17, 15) is 9.18 Å². The van der Waals surface area contributed by atoms with Crippen LogP contribution in [0.15, 0.2) is 24.3 Å². The van der Waals surface area contributed by atoms with E-state index in [0.717, 1.165) is 21.8 Å². The summed E-state index contributed by atoms with van der Waals surface area (Å²) in [5.41, 5.74) is 1.32. The maximum absolute atomic E-state index is 12.7. The van der Waals surface area contributed by atoms with E-state index in [2.05, 4.69) is 4.98 Å². The summed E-state index contributed by atoms with van der Waals surface area (Å²) in [4.78, 5) is 15.6. The van der Waals surface area contributed by atoms with Crippen LogP contribution in [0.1, 0.15) is 14.7 Å². The molecule has 1 N–H and O–H groups in total. The second kappa shape index (κ2) is 4.02. The van der Waals surface area contributed by atoms with Crippen molar-refractivity contribution in [1.29, 1.82) is 0 Å². The quantitative estimate of drug-likeness (QED) is 0.873. The number of benzene rings is 1. The number of aryl methyl sites for hydroxylation is 1. The van der Waals surface area contributed by atoms with Gasteiger partial charge in [0.05, 0.1) is 5.69 Å². The van der Waals surface area contributed by atoms with Gasteiger partial charge in [-0.05, 0) is 31.2 Å². The summed E-state index contributed by atoms with van der Waals surface area (Å²) >= 11 is 1.12. The van der Waals surface area contributed by atoms with Crippen molar-refractivity contribution < 1.29 is 14.3 Å². The molecule has 16 heavy (non-hydrogen) atoms. The van der Waals surface area contributed by atoms with E-state index < -0.39 is 5.97 Å². The predicted molar refractivity (Wildman–Crippen MR) is 59.2 cm³/mol. The topological polar surface area (TPSA) is 50.2 Å². The molecule has 0 radical (unpaired) electrons. The van der Waals surface area contributed by atoms with Gasteiger partial charge in [0, 0.05) is 10.4 Å². The van der Waals surface area contributed by atoms with Gasteiger partial charge in [-0.15, -0.1) is 11.3 Å². The molecule has 0 aliphatic heterocycles. The van der Waals surface area contributed by atoms with Gasteiger partial charge in [0.2, 0.25) is 5.01 Å². The summed E-state index contributed by atoms with van der Waals surface area (Å²) in [7, 11) is 0. The van der Waals surface area contributed by atoms with Crippen LogP contribution >= 0.6 is 11.3 Å². The van der Waals surface area contributed by atoms with Crippen LogP contribution in [-0.2, 0) is 0 Å². The molecule has 0 saturated heterocycles. The van der Waals surface area contributed by atoms with Crippen molar-refractivity contribution in [2.24, 2.45) is 0 Å². The standard InChI is InChI=1S/C11H8FNO2S/c1-6-9(13-10(16-6)11(14)15)7-2-4-8(12)5-3-7/h2-5H,1H3,(H,14,15). The third-order valence-electron chi connectivity index (χ3n) is 2.10. The predicted octanol–water partition coefficient (Wildman–Crippen LogP) is 2.96. The van der Waals surface area contributed by atoms with Crippen LogP contribution in [-0.4, -0.2) is 16.1 Å². The normalized spacial score (nSPS) is 10.4. The molecule has 5 heteroatoms. The van der Waals surface area contributed by atoms with Crippen LogP contribution in [0.5, 0.6) is 0 Å². The molecule has 3 nitrogen and oxygen atoms in total. The Labute approximate surface area is 95.2 Å². The number of hydrogen-bond donors (Lipinski definition) is 1. The van der Waals surface area contributed by atoms with E-state index in [0.29, 0.717) is 5.69 Å². The fourth-order valence-corrected chi connectivity index (χ4v) is 2.14. The van der Waals surface area contributed by atoms with Gasteiger partial charge in [0.15, 0.2) is 0 Å². The van der Waals surface area contributed by atoms with Crippen LogP contribution in [0, 0.1) is 12.7 Å². The third-order valence-corrected chi connectivity index (χ3v) is 3.06. The summed E-state index contributed by atoms with van der Waals surface area (Å²) in [6.45, 7) is 1.79. The molecule has 0 unspecified atom stereocenters. The Balaban J connectivity index is 2.47. The zero-order chi connectivity index (χ0) is 11.7. The van der Waals surface area contributed by atoms with Crippen LogP contribution < -0.4 is 0 Å². The van der Waals surface area contributed by atoms with Gasteiger partial charge >= 0.3 is 5.97 Å². The van der Waals surface area contributed by atoms with E-state index in [1.165, 1.54) is 12.1 Å². The van der Waals surface area contributed by atoms with Crippen molar-refractivity contribution in [3.8, 4) is 11.3 Å². The van der Waals surface area contributed by atoms with Crippen molar-refractivity contribution >= 4 is 17.3 Å². The average molecular weight is 237 g/mol. The minimum absolute atomic E-state index is 0.0526. The van der Waals surface area contributed by atoms with Crippen LogP contribution in [0.2, 0.25) is 0 Å². The molecular weight excluding hydrogens is 229 g/mol. The minimum atomic E-state index is -1.04. The molecule has 0 amide bonds. The molecule has 2 rings (SSSR count). The largest absolute Gasteiger partial charge is 0.476 e. The highest BCUT2D eigenvalue weighted by Gasteiger charge is 2.14. The van der Waals surface area contributed by atoms with E-state index in [1.54, 1.807) is 19.1 Å². The van der Waals surface area contributed by atoms with Crippen molar-refractivity contribution in [2.75, 3.05) is 0 Å². The van der Waals surface area contributed by atoms with Crippen LogP contribution in [0.4, 0.5) is 4.39 Å². The van der Waals surface area contributed by atoms with Gasteiger partial charge in [-0.2, -0.15) is 0 Å². The molecule has 1 heterocycles. The first-order valence-electron chi connectivity index (χ1n) is 4.54. The van der Waals surface area contributed by atoms with E-state index in [1.807, 2.05) is 0 Å². The Morgan fingerprint density at radius 1 is 1.38 bits per heavy atom. The number of halogens is 1. The highest BCUT2D eigenvalue weighted by Crippen LogP contribution is 2.27. The summed E-state index contributed by atoms with van der Waals surface area (Å²) in [6.07, 6.45) is 0. The number of carbonyl (C=O) groups is 1. The minimum Gasteiger partial charge on any atom is -0.476 e. The highest BCUT2D eigenvalue weighted by molar-refractivity contribution is 7.13. The molecule has 2 aromatic rings. The Morgan fingerprint density at radius 2 is 2.00 bits per heavy atom. The molecule has 82 valence electrons. The number of aromatic carboxylic acids is 1. The lowest BCUT2D eigenvalue weighted by molar-refractivity contribution is 0.0696. The number of carboxylic acid groups (broad SMARTS) is 1. The fourth-order valence-electron chi connectivity index (χ4n) is 1.36. The smallest absolute Gasteiger partial charge is 0.365 e. The van der Waals surface area contributed by atoms with Gasteiger partial charge < -0.3 is 5.11 Å². The van der Waals surface area contributed by atoms with Gasteiger partial charge in [-0.1, -0.05) is 0 Å². The summed E-state index contributed by atoms with van der Waals surface area (Å²) in [5, 5.41) is 8.85. The molecule has 0 saturated carbocycles. The number of rotatable bonds is 2. The second-order valence-electron chi connectivity index (χ2n) is 3.24. The van der Waals surface area contributed by atoms with E-state index in [4.69, 9.17) is 5.11 Å². The summed E-state index contributed by atoms with van der Waals surface area (Å²) in [6, 6.07) is 5.83. The Kier molecular flexibility index (Phi) is 2.70. The SMILES string of the molecule is Cc1sc(C(=O)O)nc1-c1ccc(F)cc1. The first-order valence-corrected chi connectivity index (χ1v) is 5.36. The molecular formula is C11H8FNO2S. The van der Waals surface area contributed by atoms with E-state index in [-0.39, 0.29) is 10.8 Å². The first-order chi connectivity index (χ1) is 7.58. The Hall–Kier alpha value is -1.75. The van der Waals surface area contributed by atoms with Crippen molar-refractivity contribution in [1.82, 2.24) is 4.98 Å². The maximum atomic E-state index is 12.7. The van der Waals surface area contributed by atoms with Crippen molar-refractivity contribution in [2.45, 2.75) is 6.92 Å². The lowest BCUT2D eigenvalue weighted by atomic mass is 10.1. The maximum Gasteiger partial charge on any atom is 0.365 e. The third kappa shape index (κ3) is 1.94. The van der Waals surface area contributed by atoms with Crippen LogP contribution in [0.3, 0.4) is 0 Å². The van der Waals surface area contributed by atoms with Crippen LogP contribution in [0.25, 0.3) is 11.3 Å². The monoisotopic (exact) mass is 237 g/mol. The zero-order valence-corrected chi connectivity index (χ0v) is 9.21. The van der Waals surface area contributed by atoms with Gasteiger partial charge in [0.25, 0.3) is 0 Å². The van der Waals surface area contributed by atoms with Gasteiger partial charge in [0.1, 0.15) is 5.82 Å². The van der Waals surface area contributed by atoms with E-state index >= 15 is 0 Å². The number of thiazole rings is 1. The summed E-state index contributed by atoms with van der Waals surface area (Å²) in [5.74, 6) is -1.36. The molecule has 0 bridgehead atoms. The molecule has 0 spiro atoms. The number of hydrogen-bond acceptors (Lipinski definition) is 3. The lowest BCUT2D eigenvalue weighted by Gasteiger charge is -1.97. The van der Waals surface area contributed by atoms with Gasteiger partial charge in [-0.3, -0.25) is 0 Å².